The smallest absolute Gasteiger partial charge is 0.0543 e. The van der Waals surface area contributed by atoms with Crippen LogP contribution in [0.4, 0.5) is 0 Å². The topological polar surface area (TPSA) is 32.3 Å². The third kappa shape index (κ3) is 4.97. The lowest BCUT2D eigenvalue weighted by atomic mass is 9.86. The highest BCUT2D eigenvalue weighted by atomic mass is 16.3. The molecule has 2 atom stereocenters. The van der Waals surface area contributed by atoms with Gasteiger partial charge in [0, 0.05) is 0 Å². The van der Waals surface area contributed by atoms with Crippen molar-refractivity contribution in [1.82, 2.24) is 5.32 Å². The minimum Gasteiger partial charge on any atom is -0.393 e. The Morgan fingerprint density at radius 2 is 1.65 bits per heavy atom. The summed E-state index contributed by atoms with van der Waals surface area (Å²) < 4.78 is 0. The van der Waals surface area contributed by atoms with E-state index in [1.807, 2.05) is 0 Å². The summed E-state index contributed by atoms with van der Waals surface area (Å²) in [4.78, 5) is 0. The summed E-state index contributed by atoms with van der Waals surface area (Å²) in [6, 6.07) is 0. The Hall–Kier alpha value is -0.0800. The minimum atomic E-state index is -0.0195. The average molecular weight is 239 g/mol. The summed E-state index contributed by atoms with van der Waals surface area (Å²) in [6.45, 7) is 2.32. The predicted molar refractivity (Wildman–Crippen MR) is 72.0 cm³/mol. The van der Waals surface area contributed by atoms with Crippen LogP contribution in [0.2, 0.25) is 0 Å². The van der Waals surface area contributed by atoms with E-state index in [-0.39, 0.29) is 6.10 Å². The molecule has 0 amide bonds. The monoisotopic (exact) mass is 239 g/mol. The van der Waals surface area contributed by atoms with Gasteiger partial charge in [0.05, 0.1) is 6.10 Å². The number of hydrogen-bond acceptors (Lipinski definition) is 2. The molecule has 2 aliphatic rings. The van der Waals surface area contributed by atoms with E-state index < -0.39 is 0 Å². The molecule has 100 valence electrons. The molecule has 0 bridgehead atoms. The molecule has 0 radical (unpaired) electrons. The van der Waals surface area contributed by atoms with E-state index in [9.17, 15) is 5.11 Å². The molecule has 2 N–H and O–H groups in total. The van der Waals surface area contributed by atoms with Gasteiger partial charge in [-0.15, -0.1) is 0 Å². The van der Waals surface area contributed by atoms with Crippen LogP contribution in [0.15, 0.2) is 0 Å². The van der Waals surface area contributed by atoms with Gasteiger partial charge in [-0.3, -0.25) is 0 Å². The van der Waals surface area contributed by atoms with Crippen molar-refractivity contribution in [1.29, 1.82) is 0 Å². The van der Waals surface area contributed by atoms with E-state index in [2.05, 4.69) is 5.32 Å². The molecule has 0 aromatic rings. The standard InChI is InChI=1S/C15H29NO/c17-15-8-4-7-14(11-15)12-16-10-9-13-5-2-1-3-6-13/h13-17H,1-12H2. The van der Waals surface area contributed by atoms with Gasteiger partial charge >= 0.3 is 0 Å². The summed E-state index contributed by atoms with van der Waals surface area (Å²) >= 11 is 0. The first-order chi connectivity index (χ1) is 8.34. The first kappa shape index (κ1) is 13.4. The van der Waals surface area contributed by atoms with Gasteiger partial charge in [0.1, 0.15) is 0 Å². The third-order valence-electron chi connectivity index (χ3n) is 4.64. The zero-order valence-corrected chi connectivity index (χ0v) is 11.2. The quantitative estimate of drug-likeness (QED) is 0.723. The van der Waals surface area contributed by atoms with Crippen molar-refractivity contribution in [2.75, 3.05) is 13.1 Å². The highest BCUT2D eigenvalue weighted by Gasteiger charge is 2.19. The first-order valence-electron chi connectivity index (χ1n) is 7.73. The van der Waals surface area contributed by atoms with E-state index >= 15 is 0 Å². The zero-order valence-electron chi connectivity index (χ0n) is 11.2. The molecule has 0 heterocycles. The van der Waals surface area contributed by atoms with Crippen LogP contribution in [0.25, 0.3) is 0 Å². The summed E-state index contributed by atoms with van der Waals surface area (Å²) in [5.74, 6) is 1.72. The molecule has 2 nitrogen and oxygen atoms in total. The number of aliphatic hydroxyl groups excluding tert-OH is 1. The maximum absolute atomic E-state index is 9.61. The fourth-order valence-electron chi connectivity index (χ4n) is 3.54. The van der Waals surface area contributed by atoms with Crippen molar-refractivity contribution in [2.24, 2.45) is 11.8 Å². The Bertz CT molecular complexity index is 201. The Balaban J connectivity index is 1.50. The maximum Gasteiger partial charge on any atom is 0.0543 e. The van der Waals surface area contributed by atoms with Gasteiger partial charge in [0.25, 0.3) is 0 Å². The SMILES string of the molecule is OC1CCCC(CNCCC2CCCCC2)C1. The van der Waals surface area contributed by atoms with Crippen LogP contribution in [0, 0.1) is 11.8 Å². The van der Waals surface area contributed by atoms with Crippen LogP contribution in [0.1, 0.15) is 64.2 Å². The largest absolute Gasteiger partial charge is 0.393 e. The Labute approximate surface area is 106 Å². The van der Waals surface area contributed by atoms with Crippen molar-refractivity contribution >= 4 is 0 Å². The molecule has 0 aromatic heterocycles. The van der Waals surface area contributed by atoms with E-state index in [0.29, 0.717) is 0 Å². The normalized spacial score (nSPS) is 31.6. The Morgan fingerprint density at radius 1 is 0.882 bits per heavy atom. The fourth-order valence-corrected chi connectivity index (χ4v) is 3.54. The highest BCUT2D eigenvalue weighted by molar-refractivity contribution is 4.74. The van der Waals surface area contributed by atoms with Gasteiger partial charge in [-0.25, -0.2) is 0 Å². The number of aliphatic hydroxyl groups is 1. The average Bonchev–Trinajstić information content (AvgIpc) is 2.36. The van der Waals surface area contributed by atoms with Crippen LogP contribution in [0.5, 0.6) is 0 Å². The number of nitrogens with one attached hydrogen (secondary N) is 1. The van der Waals surface area contributed by atoms with Crippen LogP contribution in [-0.2, 0) is 0 Å². The lowest BCUT2D eigenvalue weighted by Gasteiger charge is -2.26. The van der Waals surface area contributed by atoms with Gasteiger partial charge in [-0.2, -0.15) is 0 Å². The van der Waals surface area contributed by atoms with Crippen LogP contribution in [0.3, 0.4) is 0 Å². The van der Waals surface area contributed by atoms with Crippen LogP contribution < -0.4 is 5.32 Å². The van der Waals surface area contributed by atoms with E-state index in [1.165, 1.54) is 57.9 Å². The minimum absolute atomic E-state index is 0.0195. The molecule has 2 saturated carbocycles. The molecule has 2 fully saturated rings. The van der Waals surface area contributed by atoms with Crippen molar-refractivity contribution in [3.63, 3.8) is 0 Å². The second-order valence-electron chi connectivity index (χ2n) is 6.18. The van der Waals surface area contributed by atoms with Crippen molar-refractivity contribution in [3.05, 3.63) is 0 Å². The van der Waals surface area contributed by atoms with Gasteiger partial charge in [0.2, 0.25) is 0 Å². The predicted octanol–water partition coefficient (Wildman–Crippen LogP) is 3.10. The second-order valence-corrected chi connectivity index (χ2v) is 6.18. The molecule has 0 aliphatic heterocycles. The zero-order chi connectivity index (χ0) is 11.9. The van der Waals surface area contributed by atoms with Gasteiger partial charge in [-0.05, 0) is 50.6 Å². The summed E-state index contributed by atoms with van der Waals surface area (Å²) in [6.07, 6.45) is 13.2. The van der Waals surface area contributed by atoms with Crippen LogP contribution >= 0.6 is 0 Å². The molecule has 2 rings (SSSR count). The molecule has 0 spiro atoms. The molecule has 0 aromatic carbocycles. The molecule has 0 saturated heterocycles. The molecule has 2 aliphatic carbocycles. The summed E-state index contributed by atoms with van der Waals surface area (Å²) in [7, 11) is 0. The molecular formula is C15H29NO. The first-order valence-corrected chi connectivity index (χ1v) is 7.73. The summed E-state index contributed by atoms with van der Waals surface area (Å²) in [5.41, 5.74) is 0. The molecular weight excluding hydrogens is 210 g/mol. The number of rotatable bonds is 5. The molecule has 2 heteroatoms. The van der Waals surface area contributed by atoms with E-state index in [1.54, 1.807) is 0 Å². The van der Waals surface area contributed by atoms with Crippen molar-refractivity contribution < 1.29 is 5.11 Å². The second kappa shape index (κ2) is 7.38. The lowest BCUT2D eigenvalue weighted by molar-refractivity contribution is 0.100. The summed E-state index contributed by atoms with van der Waals surface area (Å²) in [5, 5.41) is 13.2. The van der Waals surface area contributed by atoms with E-state index in [0.717, 1.165) is 31.2 Å². The van der Waals surface area contributed by atoms with Crippen molar-refractivity contribution in [3.8, 4) is 0 Å². The molecule has 17 heavy (non-hydrogen) atoms. The Kier molecular flexibility index (Phi) is 5.79. The number of hydrogen-bond donors (Lipinski definition) is 2. The highest BCUT2D eigenvalue weighted by Crippen LogP contribution is 2.26. The van der Waals surface area contributed by atoms with Gasteiger partial charge in [0.15, 0.2) is 0 Å². The third-order valence-corrected chi connectivity index (χ3v) is 4.64. The van der Waals surface area contributed by atoms with Gasteiger partial charge < -0.3 is 10.4 Å². The van der Waals surface area contributed by atoms with E-state index in [4.69, 9.17) is 0 Å². The van der Waals surface area contributed by atoms with Crippen LogP contribution in [-0.4, -0.2) is 24.3 Å². The molecule has 2 unspecified atom stereocenters. The Morgan fingerprint density at radius 3 is 2.41 bits per heavy atom. The van der Waals surface area contributed by atoms with Crippen molar-refractivity contribution in [2.45, 2.75) is 70.3 Å². The lowest BCUT2D eigenvalue weighted by Crippen LogP contribution is -2.30. The maximum atomic E-state index is 9.61. The fraction of sp³-hybridized carbons (Fsp3) is 1.00. The van der Waals surface area contributed by atoms with Gasteiger partial charge in [-0.1, -0.05) is 38.5 Å².